The summed E-state index contributed by atoms with van der Waals surface area (Å²) in [5.41, 5.74) is 1.31. The quantitative estimate of drug-likeness (QED) is 0.770. The number of unbranched alkanes of at least 4 members (excludes halogenated alkanes) is 3. The molecule has 0 spiro atoms. The summed E-state index contributed by atoms with van der Waals surface area (Å²) < 4.78 is 0. The molecule has 1 aliphatic rings. The van der Waals surface area contributed by atoms with E-state index in [2.05, 4.69) is 22.5 Å². The first kappa shape index (κ1) is 14.0. The lowest BCUT2D eigenvalue weighted by Gasteiger charge is -2.26. The molecule has 0 amide bonds. The Morgan fingerprint density at radius 3 is 2.89 bits per heavy atom. The molecular formula is C14H25N3S. The summed E-state index contributed by atoms with van der Waals surface area (Å²) in [7, 11) is 0. The highest BCUT2D eigenvalue weighted by Gasteiger charge is 2.11. The van der Waals surface area contributed by atoms with Crippen molar-refractivity contribution in [3.05, 3.63) is 16.1 Å². The highest BCUT2D eigenvalue weighted by atomic mass is 32.1. The minimum Gasteiger partial charge on any atom is -0.314 e. The largest absolute Gasteiger partial charge is 0.314 e. The molecule has 2 rings (SSSR count). The van der Waals surface area contributed by atoms with E-state index in [1.54, 1.807) is 0 Å². The van der Waals surface area contributed by atoms with Crippen molar-refractivity contribution in [1.82, 2.24) is 15.2 Å². The minimum atomic E-state index is 1.04. The van der Waals surface area contributed by atoms with Crippen LogP contribution in [0.5, 0.6) is 0 Å². The van der Waals surface area contributed by atoms with Gasteiger partial charge >= 0.3 is 0 Å². The highest BCUT2D eigenvalue weighted by molar-refractivity contribution is 7.09. The molecule has 2 heterocycles. The van der Waals surface area contributed by atoms with Gasteiger partial charge in [-0.25, -0.2) is 4.98 Å². The average Bonchev–Trinajstić information content (AvgIpc) is 2.84. The van der Waals surface area contributed by atoms with Crippen LogP contribution in [0.3, 0.4) is 0 Å². The van der Waals surface area contributed by atoms with Gasteiger partial charge in [0.25, 0.3) is 0 Å². The van der Waals surface area contributed by atoms with Crippen molar-refractivity contribution >= 4 is 11.3 Å². The Morgan fingerprint density at radius 1 is 1.28 bits per heavy atom. The van der Waals surface area contributed by atoms with Crippen LogP contribution in [0.4, 0.5) is 0 Å². The zero-order valence-corrected chi connectivity index (χ0v) is 12.3. The van der Waals surface area contributed by atoms with Crippen LogP contribution >= 0.6 is 11.3 Å². The normalized spacial score (nSPS) is 17.2. The lowest BCUT2D eigenvalue weighted by molar-refractivity contribution is 0.233. The molecule has 0 unspecified atom stereocenters. The molecule has 0 saturated carbocycles. The van der Waals surface area contributed by atoms with Crippen LogP contribution < -0.4 is 5.32 Å². The first-order chi connectivity index (χ1) is 8.88. The lowest BCUT2D eigenvalue weighted by atomic mass is 10.1. The Labute approximate surface area is 115 Å². The van der Waals surface area contributed by atoms with Gasteiger partial charge in [0, 0.05) is 31.6 Å². The Balaban J connectivity index is 1.71. The number of nitrogens with zero attached hydrogens (tertiary/aromatic N) is 2. The van der Waals surface area contributed by atoms with E-state index in [-0.39, 0.29) is 0 Å². The zero-order chi connectivity index (χ0) is 12.6. The van der Waals surface area contributed by atoms with E-state index in [0.29, 0.717) is 0 Å². The Bertz CT molecular complexity index is 332. The van der Waals surface area contributed by atoms with Crippen LogP contribution in [0.25, 0.3) is 0 Å². The number of thiazole rings is 1. The molecule has 3 nitrogen and oxygen atoms in total. The molecule has 1 aromatic rings. The number of aryl methyl sites for hydroxylation is 1. The third-order valence-electron chi connectivity index (χ3n) is 3.45. The number of hydrogen-bond acceptors (Lipinski definition) is 4. The zero-order valence-electron chi connectivity index (χ0n) is 11.5. The van der Waals surface area contributed by atoms with E-state index < -0.39 is 0 Å². The molecule has 0 aromatic carbocycles. The second-order valence-corrected chi connectivity index (χ2v) is 6.01. The van der Waals surface area contributed by atoms with E-state index in [1.807, 2.05) is 11.3 Å². The number of nitrogens with one attached hydrogen (secondary N) is 1. The Hall–Kier alpha value is -0.450. The van der Waals surface area contributed by atoms with Gasteiger partial charge in [-0.1, -0.05) is 26.2 Å². The molecule has 1 N–H and O–H groups in total. The summed E-state index contributed by atoms with van der Waals surface area (Å²) in [4.78, 5) is 7.25. The van der Waals surface area contributed by atoms with Crippen LogP contribution in [0, 0.1) is 0 Å². The molecule has 4 heteroatoms. The molecule has 1 aromatic heterocycles. The fourth-order valence-electron chi connectivity index (χ4n) is 2.33. The predicted molar refractivity (Wildman–Crippen MR) is 78.1 cm³/mol. The molecule has 1 fully saturated rings. The summed E-state index contributed by atoms with van der Waals surface area (Å²) in [6.45, 7) is 7.86. The second-order valence-electron chi connectivity index (χ2n) is 5.07. The predicted octanol–water partition coefficient (Wildman–Crippen LogP) is 2.67. The van der Waals surface area contributed by atoms with Crippen LogP contribution in [-0.4, -0.2) is 36.1 Å². The molecule has 0 atom stereocenters. The standard InChI is InChI=1S/C14H25N3S/c1-2-3-4-5-6-13-12-18-14(16-13)11-17-9-7-15-8-10-17/h12,15H,2-11H2,1H3. The van der Waals surface area contributed by atoms with Gasteiger partial charge in [-0.15, -0.1) is 11.3 Å². The summed E-state index contributed by atoms with van der Waals surface area (Å²) in [6.07, 6.45) is 6.48. The third-order valence-corrected chi connectivity index (χ3v) is 4.34. The maximum atomic E-state index is 4.76. The van der Waals surface area contributed by atoms with Crippen molar-refractivity contribution < 1.29 is 0 Å². The van der Waals surface area contributed by atoms with Crippen LogP contribution in [0.1, 0.15) is 43.3 Å². The third kappa shape index (κ3) is 4.67. The monoisotopic (exact) mass is 267 g/mol. The Kier molecular flexibility index (Phi) is 6.11. The van der Waals surface area contributed by atoms with Gasteiger partial charge in [0.15, 0.2) is 0 Å². The van der Waals surface area contributed by atoms with Crippen molar-refractivity contribution in [1.29, 1.82) is 0 Å². The molecule has 0 bridgehead atoms. The number of aromatic nitrogens is 1. The summed E-state index contributed by atoms with van der Waals surface area (Å²) >= 11 is 1.83. The average molecular weight is 267 g/mol. The smallest absolute Gasteiger partial charge is 0.107 e. The summed E-state index contributed by atoms with van der Waals surface area (Å²) in [6, 6.07) is 0. The van der Waals surface area contributed by atoms with Gasteiger partial charge in [0.1, 0.15) is 5.01 Å². The lowest BCUT2D eigenvalue weighted by Crippen LogP contribution is -2.42. The van der Waals surface area contributed by atoms with Gasteiger partial charge < -0.3 is 5.32 Å². The summed E-state index contributed by atoms with van der Waals surface area (Å²) in [5.74, 6) is 0. The molecule has 0 radical (unpaired) electrons. The number of rotatable bonds is 7. The number of hydrogen-bond donors (Lipinski definition) is 1. The highest BCUT2D eigenvalue weighted by Crippen LogP contribution is 2.15. The fourth-order valence-corrected chi connectivity index (χ4v) is 3.20. The van der Waals surface area contributed by atoms with E-state index in [1.165, 1.54) is 36.4 Å². The van der Waals surface area contributed by atoms with Crippen molar-refractivity contribution in [3.63, 3.8) is 0 Å². The molecule has 1 aliphatic heterocycles. The van der Waals surface area contributed by atoms with Crippen molar-refractivity contribution in [3.8, 4) is 0 Å². The van der Waals surface area contributed by atoms with Crippen molar-refractivity contribution in [2.24, 2.45) is 0 Å². The molecule has 18 heavy (non-hydrogen) atoms. The van der Waals surface area contributed by atoms with Gasteiger partial charge in [0.05, 0.1) is 12.2 Å². The van der Waals surface area contributed by atoms with Gasteiger partial charge in [0.2, 0.25) is 0 Å². The first-order valence-electron chi connectivity index (χ1n) is 7.25. The molecule has 1 saturated heterocycles. The van der Waals surface area contributed by atoms with E-state index in [0.717, 1.165) is 39.1 Å². The van der Waals surface area contributed by atoms with E-state index >= 15 is 0 Å². The fraction of sp³-hybridized carbons (Fsp3) is 0.786. The summed E-state index contributed by atoms with van der Waals surface area (Å²) in [5, 5.41) is 6.93. The van der Waals surface area contributed by atoms with E-state index in [9.17, 15) is 0 Å². The minimum absolute atomic E-state index is 1.04. The van der Waals surface area contributed by atoms with Crippen molar-refractivity contribution in [2.45, 2.75) is 45.6 Å². The molecular weight excluding hydrogens is 242 g/mol. The van der Waals surface area contributed by atoms with E-state index in [4.69, 9.17) is 4.98 Å². The number of piperazine rings is 1. The van der Waals surface area contributed by atoms with Crippen molar-refractivity contribution in [2.75, 3.05) is 26.2 Å². The van der Waals surface area contributed by atoms with Crippen LogP contribution in [0.2, 0.25) is 0 Å². The Morgan fingerprint density at radius 2 is 2.11 bits per heavy atom. The van der Waals surface area contributed by atoms with Crippen LogP contribution in [-0.2, 0) is 13.0 Å². The first-order valence-corrected chi connectivity index (χ1v) is 8.13. The topological polar surface area (TPSA) is 28.2 Å². The maximum Gasteiger partial charge on any atom is 0.107 e. The van der Waals surface area contributed by atoms with Gasteiger partial charge in [-0.3, -0.25) is 4.90 Å². The van der Waals surface area contributed by atoms with Gasteiger partial charge in [-0.2, -0.15) is 0 Å². The molecule has 0 aliphatic carbocycles. The second kappa shape index (κ2) is 7.87. The van der Waals surface area contributed by atoms with Crippen LogP contribution in [0.15, 0.2) is 5.38 Å². The van der Waals surface area contributed by atoms with Gasteiger partial charge in [-0.05, 0) is 12.8 Å². The maximum absolute atomic E-state index is 4.76. The molecule has 102 valence electrons. The SMILES string of the molecule is CCCCCCc1csc(CN2CCNCC2)n1.